The molecule has 24 heavy (non-hydrogen) atoms. The van der Waals surface area contributed by atoms with E-state index < -0.39 is 0 Å². The predicted molar refractivity (Wildman–Crippen MR) is 98.8 cm³/mol. The summed E-state index contributed by atoms with van der Waals surface area (Å²) in [5, 5.41) is 11.3. The Kier molecular flexibility index (Phi) is 5.15. The van der Waals surface area contributed by atoms with Crippen LogP contribution < -0.4 is 5.32 Å². The lowest BCUT2D eigenvalue weighted by atomic mass is 10.1. The van der Waals surface area contributed by atoms with Gasteiger partial charge in [0, 0.05) is 12.4 Å². The van der Waals surface area contributed by atoms with Crippen molar-refractivity contribution in [3.05, 3.63) is 62.9 Å². The van der Waals surface area contributed by atoms with E-state index in [-0.39, 0.29) is 12.5 Å². The molecular weight excluding hydrogens is 438 g/mol. The Bertz CT molecular complexity index is 854. The molecular formula is C16H15Br2N5O. The number of aryl methyl sites for hydroxylation is 1. The van der Waals surface area contributed by atoms with E-state index in [2.05, 4.69) is 78.6 Å². The van der Waals surface area contributed by atoms with Crippen LogP contribution in [-0.2, 0) is 17.9 Å². The van der Waals surface area contributed by atoms with Crippen LogP contribution in [0.4, 0.5) is 5.82 Å². The van der Waals surface area contributed by atoms with Gasteiger partial charge in [-0.1, -0.05) is 29.8 Å². The molecule has 0 atom stereocenters. The third-order valence-electron chi connectivity index (χ3n) is 3.35. The first kappa shape index (κ1) is 16.9. The molecule has 1 N–H and O–H groups in total. The van der Waals surface area contributed by atoms with Crippen molar-refractivity contribution in [3.63, 3.8) is 0 Å². The standard InChI is InChI=1S/C16H15Br2N5O/c1-11-2-4-12(5-3-11)7-23-9-14(18)16(21-23)20-15(24)10-22-8-13(17)6-19-22/h2-6,8-9H,7,10H2,1H3,(H,20,21,24). The quantitative estimate of drug-likeness (QED) is 0.643. The first-order valence-corrected chi connectivity index (χ1v) is 8.84. The Morgan fingerprint density at radius 2 is 1.92 bits per heavy atom. The van der Waals surface area contributed by atoms with E-state index >= 15 is 0 Å². The molecule has 0 aliphatic carbocycles. The number of aromatic nitrogens is 4. The molecule has 0 aliphatic heterocycles. The molecule has 0 fully saturated rings. The van der Waals surface area contributed by atoms with Crippen LogP contribution in [-0.4, -0.2) is 25.5 Å². The lowest BCUT2D eigenvalue weighted by Crippen LogP contribution is -2.19. The summed E-state index contributed by atoms with van der Waals surface area (Å²) in [6.07, 6.45) is 5.23. The number of nitrogens with zero attached hydrogens (tertiary/aromatic N) is 4. The van der Waals surface area contributed by atoms with Crippen LogP contribution in [0.5, 0.6) is 0 Å². The van der Waals surface area contributed by atoms with Gasteiger partial charge >= 0.3 is 0 Å². The fourth-order valence-electron chi connectivity index (χ4n) is 2.19. The maximum atomic E-state index is 12.1. The van der Waals surface area contributed by atoms with Crippen molar-refractivity contribution in [3.8, 4) is 0 Å². The molecule has 0 spiro atoms. The van der Waals surface area contributed by atoms with E-state index in [0.717, 1.165) is 14.5 Å². The maximum absolute atomic E-state index is 12.1. The highest BCUT2D eigenvalue weighted by Crippen LogP contribution is 2.21. The summed E-state index contributed by atoms with van der Waals surface area (Å²) in [5.74, 6) is 0.310. The van der Waals surface area contributed by atoms with E-state index in [9.17, 15) is 4.79 Å². The van der Waals surface area contributed by atoms with Crippen LogP contribution in [0.3, 0.4) is 0 Å². The second-order valence-corrected chi connectivity index (χ2v) is 7.18. The molecule has 0 radical (unpaired) electrons. The Morgan fingerprint density at radius 3 is 2.58 bits per heavy atom. The summed E-state index contributed by atoms with van der Waals surface area (Å²) in [7, 11) is 0. The van der Waals surface area contributed by atoms with E-state index in [0.29, 0.717) is 12.4 Å². The largest absolute Gasteiger partial charge is 0.307 e. The first-order chi connectivity index (χ1) is 11.5. The first-order valence-electron chi connectivity index (χ1n) is 7.26. The monoisotopic (exact) mass is 451 g/mol. The van der Waals surface area contributed by atoms with Gasteiger partial charge in [0.2, 0.25) is 5.91 Å². The molecule has 0 bridgehead atoms. The van der Waals surface area contributed by atoms with Gasteiger partial charge in [0.1, 0.15) is 6.54 Å². The molecule has 0 saturated heterocycles. The molecule has 2 heterocycles. The number of nitrogens with one attached hydrogen (secondary N) is 1. The van der Waals surface area contributed by atoms with Crippen molar-refractivity contribution in [2.24, 2.45) is 0 Å². The summed E-state index contributed by atoms with van der Waals surface area (Å²) < 4.78 is 4.91. The minimum absolute atomic E-state index is 0.128. The highest BCUT2D eigenvalue weighted by atomic mass is 79.9. The van der Waals surface area contributed by atoms with Gasteiger partial charge in [-0.05, 0) is 44.3 Å². The lowest BCUT2D eigenvalue weighted by Gasteiger charge is -2.04. The number of amides is 1. The summed E-state index contributed by atoms with van der Waals surface area (Å²) in [6, 6.07) is 8.27. The molecule has 3 aromatic rings. The second kappa shape index (κ2) is 7.31. The average molecular weight is 453 g/mol. The molecule has 2 aromatic heterocycles. The van der Waals surface area contributed by atoms with Crippen molar-refractivity contribution in [2.45, 2.75) is 20.0 Å². The number of hydrogen-bond acceptors (Lipinski definition) is 3. The van der Waals surface area contributed by atoms with Gasteiger partial charge in [0.05, 0.1) is 21.7 Å². The average Bonchev–Trinajstić information content (AvgIpc) is 3.08. The van der Waals surface area contributed by atoms with Crippen LogP contribution in [0.2, 0.25) is 0 Å². The number of rotatable bonds is 5. The van der Waals surface area contributed by atoms with Crippen LogP contribution >= 0.6 is 31.9 Å². The summed E-state index contributed by atoms with van der Waals surface area (Å²) >= 11 is 6.73. The minimum Gasteiger partial charge on any atom is -0.307 e. The van der Waals surface area contributed by atoms with Crippen molar-refractivity contribution in [1.29, 1.82) is 0 Å². The van der Waals surface area contributed by atoms with Crippen LogP contribution in [0.25, 0.3) is 0 Å². The normalized spacial score (nSPS) is 10.8. The van der Waals surface area contributed by atoms with Gasteiger partial charge in [-0.15, -0.1) is 0 Å². The molecule has 124 valence electrons. The van der Waals surface area contributed by atoms with Gasteiger partial charge in [-0.3, -0.25) is 14.2 Å². The number of anilines is 1. The van der Waals surface area contributed by atoms with Crippen molar-refractivity contribution in [2.75, 3.05) is 5.32 Å². The van der Waals surface area contributed by atoms with Crippen LogP contribution in [0.1, 0.15) is 11.1 Å². The Morgan fingerprint density at radius 1 is 1.17 bits per heavy atom. The van der Waals surface area contributed by atoms with E-state index in [1.165, 1.54) is 5.56 Å². The topological polar surface area (TPSA) is 64.7 Å². The summed E-state index contributed by atoms with van der Waals surface area (Å²) in [5.41, 5.74) is 2.37. The lowest BCUT2D eigenvalue weighted by molar-refractivity contribution is -0.116. The fourth-order valence-corrected chi connectivity index (χ4v) is 2.93. The smallest absolute Gasteiger partial charge is 0.247 e. The molecule has 0 aliphatic rings. The zero-order valence-electron chi connectivity index (χ0n) is 12.9. The van der Waals surface area contributed by atoms with Gasteiger partial charge in [-0.2, -0.15) is 10.2 Å². The molecule has 0 saturated carbocycles. The van der Waals surface area contributed by atoms with Crippen LogP contribution in [0, 0.1) is 6.92 Å². The molecule has 1 amide bonds. The van der Waals surface area contributed by atoms with Gasteiger partial charge in [0.15, 0.2) is 5.82 Å². The SMILES string of the molecule is Cc1ccc(Cn2cc(Br)c(NC(=O)Cn3cc(Br)cn3)n2)cc1. The molecule has 0 unspecified atom stereocenters. The summed E-state index contributed by atoms with van der Waals surface area (Å²) in [6.45, 7) is 2.82. The van der Waals surface area contributed by atoms with Crippen molar-refractivity contribution in [1.82, 2.24) is 19.6 Å². The Labute approximate surface area is 156 Å². The number of benzene rings is 1. The maximum Gasteiger partial charge on any atom is 0.247 e. The number of carbonyl (C=O) groups is 1. The second-order valence-electron chi connectivity index (χ2n) is 5.41. The highest BCUT2D eigenvalue weighted by Gasteiger charge is 2.11. The highest BCUT2D eigenvalue weighted by molar-refractivity contribution is 9.10. The third kappa shape index (κ3) is 4.33. The van der Waals surface area contributed by atoms with Crippen LogP contribution in [0.15, 0.2) is 51.8 Å². The summed E-state index contributed by atoms with van der Waals surface area (Å²) in [4.78, 5) is 12.1. The van der Waals surface area contributed by atoms with Crippen molar-refractivity contribution >= 4 is 43.6 Å². The van der Waals surface area contributed by atoms with Crippen molar-refractivity contribution < 1.29 is 4.79 Å². The third-order valence-corrected chi connectivity index (χ3v) is 4.34. The van der Waals surface area contributed by atoms with E-state index in [1.807, 2.05) is 6.20 Å². The molecule has 8 heteroatoms. The van der Waals surface area contributed by atoms with E-state index in [1.54, 1.807) is 21.8 Å². The zero-order valence-corrected chi connectivity index (χ0v) is 16.1. The molecule has 1 aromatic carbocycles. The Balaban J connectivity index is 1.65. The van der Waals surface area contributed by atoms with E-state index in [4.69, 9.17) is 0 Å². The number of carbonyl (C=O) groups excluding carboxylic acids is 1. The zero-order chi connectivity index (χ0) is 17.1. The van der Waals surface area contributed by atoms with Gasteiger partial charge in [-0.25, -0.2) is 0 Å². The fraction of sp³-hybridized carbons (Fsp3) is 0.188. The number of halogens is 2. The minimum atomic E-state index is -0.188. The van der Waals surface area contributed by atoms with Gasteiger partial charge < -0.3 is 5.32 Å². The predicted octanol–water partition coefficient (Wildman–Crippen LogP) is 3.60. The molecule has 6 nitrogen and oxygen atoms in total. The number of hydrogen-bond donors (Lipinski definition) is 1. The van der Waals surface area contributed by atoms with Gasteiger partial charge in [0.25, 0.3) is 0 Å². The Hall–Kier alpha value is -1.93. The molecule has 3 rings (SSSR count).